The van der Waals surface area contributed by atoms with Crippen LogP contribution in [0.2, 0.25) is 4.34 Å². The second-order valence-corrected chi connectivity index (χ2v) is 9.22. The number of carbonyl (C=O) groups is 2. The zero-order valence-corrected chi connectivity index (χ0v) is 18.3. The van der Waals surface area contributed by atoms with E-state index in [1.165, 1.54) is 22.0 Å². The highest BCUT2D eigenvalue weighted by Crippen LogP contribution is 2.23. The zero-order chi connectivity index (χ0) is 21.8. The first-order valence-corrected chi connectivity index (χ1v) is 11.4. The van der Waals surface area contributed by atoms with Crippen LogP contribution in [0.25, 0.3) is 5.69 Å². The minimum Gasteiger partial charge on any atom is -0.347 e. The summed E-state index contributed by atoms with van der Waals surface area (Å²) in [6.07, 6.45) is 5.31. The van der Waals surface area contributed by atoms with Crippen molar-refractivity contribution in [3.63, 3.8) is 0 Å². The number of hydrogen-bond donors (Lipinski definition) is 2. The smallest absolute Gasteiger partial charge is 0.261 e. The van der Waals surface area contributed by atoms with Crippen molar-refractivity contribution >= 4 is 34.8 Å². The number of nitrogens with one attached hydrogen (secondary N) is 2. The van der Waals surface area contributed by atoms with Crippen LogP contribution < -0.4 is 16.2 Å². The number of hydrogen-bond acceptors (Lipinski definition) is 4. The van der Waals surface area contributed by atoms with Gasteiger partial charge in [0.25, 0.3) is 17.4 Å². The molecule has 2 heterocycles. The molecule has 4 rings (SSSR count). The van der Waals surface area contributed by atoms with E-state index in [1.54, 1.807) is 54.7 Å². The van der Waals surface area contributed by atoms with E-state index in [4.69, 9.17) is 11.6 Å². The lowest BCUT2D eigenvalue weighted by Gasteiger charge is -2.32. The second kappa shape index (κ2) is 9.49. The molecule has 6 nitrogen and oxygen atoms in total. The van der Waals surface area contributed by atoms with Crippen LogP contribution in [-0.2, 0) is 0 Å². The van der Waals surface area contributed by atoms with Crippen molar-refractivity contribution in [2.24, 2.45) is 0 Å². The number of benzene rings is 1. The molecule has 1 saturated carbocycles. The van der Waals surface area contributed by atoms with Gasteiger partial charge in [-0.2, -0.15) is 0 Å². The molecule has 8 heteroatoms. The summed E-state index contributed by atoms with van der Waals surface area (Å²) in [5.74, 6) is -0.363. The number of carbonyl (C=O) groups excluding carboxylic acids is 2. The highest BCUT2D eigenvalue weighted by molar-refractivity contribution is 7.18. The molecule has 31 heavy (non-hydrogen) atoms. The highest BCUT2D eigenvalue weighted by atomic mass is 35.5. The molecule has 0 aliphatic heterocycles. The van der Waals surface area contributed by atoms with Crippen molar-refractivity contribution in [1.29, 1.82) is 0 Å². The first kappa shape index (κ1) is 21.3. The molecule has 0 unspecified atom stereocenters. The first-order chi connectivity index (χ1) is 15.0. The Kier molecular flexibility index (Phi) is 6.53. The summed E-state index contributed by atoms with van der Waals surface area (Å²) in [4.78, 5) is 37.9. The van der Waals surface area contributed by atoms with E-state index >= 15 is 0 Å². The average molecular weight is 456 g/mol. The van der Waals surface area contributed by atoms with Gasteiger partial charge in [0.2, 0.25) is 0 Å². The molecule has 2 aromatic heterocycles. The molecule has 1 fully saturated rings. The van der Waals surface area contributed by atoms with Crippen molar-refractivity contribution in [3.8, 4) is 5.69 Å². The van der Waals surface area contributed by atoms with Crippen molar-refractivity contribution in [3.05, 3.63) is 85.9 Å². The van der Waals surface area contributed by atoms with E-state index < -0.39 is 0 Å². The van der Waals surface area contributed by atoms with Crippen LogP contribution in [0.1, 0.15) is 45.7 Å². The van der Waals surface area contributed by atoms with Crippen LogP contribution in [0, 0.1) is 0 Å². The molecule has 0 radical (unpaired) electrons. The monoisotopic (exact) mass is 455 g/mol. The van der Waals surface area contributed by atoms with Crippen LogP contribution in [0.15, 0.2) is 65.6 Å². The fraction of sp³-hybridized carbons (Fsp3) is 0.261. The van der Waals surface area contributed by atoms with Crippen molar-refractivity contribution in [2.75, 3.05) is 0 Å². The van der Waals surface area contributed by atoms with E-state index in [0.29, 0.717) is 20.5 Å². The SMILES string of the molecule is O=C(N[C@H]1CCCC[C@H]1NC(=O)c1ccc(Cl)s1)c1ccc(-n2ccccc2=O)cc1. The summed E-state index contributed by atoms with van der Waals surface area (Å²) in [6, 6.07) is 15.0. The average Bonchev–Trinajstić information content (AvgIpc) is 3.22. The number of amides is 2. The Balaban J connectivity index is 1.43. The van der Waals surface area contributed by atoms with Crippen LogP contribution >= 0.6 is 22.9 Å². The van der Waals surface area contributed by atoms with Gasteiger partial charge in [-0.15, -0.1) is 11.3 Å². The molecule has 160 valence electrons. The van der Waals surface area contributed by atoms with E-state index in [2.05, 4.69) is 10.6 Å². The minimum atomic E-state index is -0.197. The van der Waals surface area contributed by atoms with Gasteiger partial charge in [-0.1, -0.05) is 30.5 Å². The first-order valence-electron chi connectivity index (χ1n) is 10.2. The van der Waals surface area contributed by atoms with Crippen molar-refractivity contribution in [2.45, 2.75) is 37.8 Å². The Morgan fingerprint density at radius 2 is 1.58 bits per heavy atom. The fourth-order valence-electron chi connectivity index (χ4n) is 3.82. The summed E-state index contributed by atoms with van der Waals surface area (Å²) >= 11 is 7.17. The molecule has 3 aromatic rings. The van der Waals surface area contributed by atoms with Gasteiger partial charge in [-0.25, -0.2) is 0 Å². The van der Waals surface area contributed by atoms with Crippen LogP contribution in [0.3, 0.4) is 0 Å². The lowest BCUT2D eigenvalue weighted by molar-refractivity contribution is 0.0865. The minimum absolute atomic E-state index is 0.131. The molecule has 0 saturated heterocycles. The summed E-state index contributed by atoms with van der Waals surface area (Å²) < 4.78 is 2.09. The van der Waals surface area contributed by atoms with E-state index in [-0.39, 0.29) is 29.5 Å². The van der Waals surface area contributed by atoms with Gasteiger partial charge in [-0.3, -0.25) is 19.0 Å². The Hall–Kier alpha value is -2.90. The lowest BCUT2D eigenvalue weighted by Crippen LogP contribution is -2.53. The molecular weight excluding hydrogens is 434 g/mol. The number of pyridine rings is 1. The molecular formula is C23H22ClN3O3S. The summed E-state index contributed by atoms with van der Waals surface area (Å²) in [5.41, 5.74) is 1.07. The van der Waals surface area contributed by atoms with Gasteiger partial charge in [0.15, 0.2) is 0 Å². The van der Waals surface area contributed by atoms with Gasteiger partial charge in [0.05, 0.1) is 9.21 Å². The van der Waals surface area contributed by atoms with Gasteiger partial charge in [0, 0.05) is 35.6 Å². The van der Waals surface area contributed by atoms with Crippen molar-refractivity contribution < 1.29 is 9.59 Å². The third-order valence-corrected chi connectivity index (χ3v) is 6.66. The Morgan fingerprint density at radius 3 is 2.19 bits per heavy atom. The molecule has 1 aliphatic rings. The summed E-state index contributed by atoms with van der Waals surface area (Å²) in [7, 11) is 0. The Bertz CT molecular complexity index is 1140. The van der Waals surface area contributed by atoms with E-state index in [9.17, 15) is 14.4 Å². The van der Waals surface area contributed by atoms with Gasteiger partial charge < -0.3 is 10.6 Å². The molecule has 0 bridgehead atoms. The maximum absolute atomic E-state index is 12.8. The topological polar surface area (TPSA) is 80.2 Å². The van der Waals surface area contributed by atoms with Gasteiger partial charge in [0.1, 0.15) is 0 Å². The standard InChI is InChI=1S/C23H22ClN3O3S/c24-20-13-12-19(31-20)23(30)26-18-6-2-1-5-17(18)25-22(29)15-8-10-16(11-9-15)27-14-4-3-7-21(27)28/h3-4,7-14,17-18H,1-2,5-6H2,(H,25,29)(H,26,30)/t17-,18+/m0/s1. The van der Waals surface area contributed by atoms with Crippen LogP contribution in [-0.4, -0.2) is 28.5 Å². The second-order valence-electron chi connectivity index (χ2n) is 7.50. The number of nitrogens with zero attached hydrogens (tertiary/aromatic N) is 1. The fourth-order valence-corrected chi connectivity index (χ4v) is 4.76. The maximum atomic E-state index is 12.8. The van der Waals surface area contributed by atoms with E-state index in [0.717, 1.165) is 25.7 Å². The highest BCUT2D eigenvalue weighted by Gasteiger charge is 2.28. The van der Waals surface area contributed by atoms with Crippen LogP contribution in [0.4, 0.5) is 0 Å². The van der Waals surface area contributed by atoms with Crippen LogP contribution in [0.5, 0.6) is 0 Å². The largest absolute Gasteiger partial charge is 0.347 e. The Labute approximate surface area is 188 Å². The third kappa shape index (κ3) is 5.06. The number of aromatic nitrogens is 1. The zero-order valence-electron chi connectivity index (χ0n) is 16.7. The Morgan fingerprint density at radius 1 is 0.903 bits per heavy atom. The molecule has 1 aliphatic carbocycles. The van der Waals surface area contributed by atoms with Crippen molar-refractivity contribution in [1.82, 2.24) is 15.2 Å². The predicted octanol–water partition coefficient (Wildman–Crippen LogP) is 4.02. The predicted molar refractivity (Wildman–Crippen MR) is 122 cm³/mol. The normalized spacial score (nSPS) is 18.4. The molecule has 1 aromatic carbocycles. The van der Waals surface area contributed by atoms with Gasteiger partial charge in [-0.05, 0) is 55.3 Å². The number of thiophene rings is 1. The summed E-state index contributed by atoms with van der Waals surface area (Å²) in [5, 5.41) is 6.13. The molecule has 2 atom stereocenters. The number of rotatable bonds is 5. The summed E-state index contributed by atoms with van der Waals surface area (Å²) in [6.45, 7) is 0. The maximum Gasteiger partial charge on any atom is 0.261 e. The number of halogens is 1. The lowest BCUT2D eigenvalue weighted by atomic mass is 9.90. The molecule has 2 N–H and O–H groups in total. The van der Waals surface area contributed by atoms with E-state index in [1.807, 2.05) is 0 Å². The molecule has 0 spiro atoms. The third-order valence-electron chi connectivity index (χ3n) is 5.43. The quantitative estimate of drug-likeness (QED) is 0.609. The molecule has 2 amide bonds. The van der Waals surface area contributed by atoms with Gasteiger partial charge >= 0.3 is 0 Å².